The second kappa shape index (κ2) is 18.9. The summed E-state index contributed by atoms with van der Waals surface area (Å²) in [6.45, 7) is 2.79. The number of hydrogen-bond acceptors (Lipinski definition) is 8. The molecule has 310 valence electrons. The third kappa shape index (κ3) is 9.69. The Morgan fingerprint density at radius 3 is 2.28 bits per heavy atom. The van der Waals surface area contributed by atoms with Crippen LogP contribution in [0, 0.1) is 0 Å². The summed E-state index contributed by atoms with van der Waals surface area (Å²) in [5, 5.41) is 15.5. The van der Waals surface area contributed by atoms with E-state index in [1.165, 1.54) is 0 Å². The standard InChI is InChI=1S/C48H52N6O6/c49-40-10-3-4-11-41(40)51-46(57)15-7-14-45(56)50-29-36-8-1-2-9-39(36)33-20-22-35(23-21-33)47-59-38(28-44(60-47)34-18-16-32(31-55)17-19-34)30-53-26-24-37(25-27-53)54-43-13-6-5-12-42(43)52-48(54)58/h1-6,8-13,16-23,37-38,44,47,55H,7,14-15,24-31,49H2,(H,50,56)(H,51,57)(H,52,58)/t38-,44+,47+/m0/s1. The minimum atomic E-state index is -0.593. The molecule has 5 aromatic carbocycles. The molecular formula is C48H52N6O6. The number of benzene rings is 5. The second-order valence-electron chi connectivity index (χ2n) is 15.7. The number of anilines is 2. The SMILES string of the molecule is Nc1ccccc1NC(=O)CCCC(=O)NCc1ccccc1-c1ccc([C@@H]2O[C@H](CN3CCC(n4c(=O)[nH]c5ccccc54)CC3)C[C@H](c3ccc(CO)cc3)O2)cc1. The summed E-state index contributed by atoms with van der Waals surface area (Å²) < 4.78 is 15.3. The van der Waals surface area contributed by atoms with Gasteiger partial charge >= 0.3 is 5.69 Å². The molecule has 0 aliphatic carbocycles. The van der Waals surface area contributed by atoms with E-state index in [1.54, 1.807) is 18.2 Å². The van der Waals surface area contributed by atoms with Crippen molar-refractivity contribution in [1.82, 2.24) is 19.8 Å². The maximum Gasteiger partial charge on any atom is 0.326 e. The molecule has 8 rings (SSSR count). The predicted octanol–water partition coefficient (Wildman–Crippen LogP) is 7.38. The van der Waals surface area contributed by atoms with Crippen molar-refractivity contribution >= 4 is 34.2 Å². The minimum absolute atomic E-state index is 0.0190. The fourth-order valence-corrected chi connectivity index (χ4v) is 8.41. The van der Waals surface area contributed by atoms with E-state index < -0.39 is 6.29 Å². The number of aliphatic hydroxyl groups is 1. The van der Waals surface area contributed by atoms with Crippen LogP contribution in [0.1, 0.15) is 79.2 Å². The number of piperidine rings is 1. The lowest BCUT2D eigenvalue weighted by molar-refractivity contribution is -0.253. The molecule has 2 saturated heterocycles. The third-order valence-corrected chi connectivity index (χ3v) is 11.7. The number of fused-ring (bicyclic) bond motifs is 1. The first kappa shape index (κ1) is 40.7. The van der Waals surface area contributed by atoms with E-state index in [4.69, 9.17) is 15.2 Å². The van der Waals surface area contributed by atoms with E-state index in [1.807, 2.05) is 95.6 Å². The number of nitrogens with one attached hydrogen (secondary N) is 3. The average molecular weight is 809 g/mol. The van der Waals surface area contributed by atoms with Gasteiger partial charge in [-0.1, -0.05) is 97.1 Å². The molecule has 0 saturated carbocycles. The summed E-state index contributed by atoms with van der Waals surface area (Å²) in [5.41, 5.74) is 14.5. The van der Waals surface area contributed by atoms with Crippen molar-refractivity contribution < 1.29 is 24.2 Å². The number of nitrogen functional groups attached to an aromatic ring is 1. The molecule has 0 unspecified atom stereocenters. The molecule has 0 spiro atoms. The van der Waals surface area contributed by atoms with Gasteiger partial charge in [0.25, 0.3) is 0 Å². The maximum absolute atomic E-state index is 12.9. The first-order valence-corrected chi connectivity index (χ1v) is 20.8. The lowest BCUT2D eigenvalue weighted by Gasteiger charge is -2.40. The van der Waals surface area contributed by atoms with Crippen LogP contribution in [-0.4, -0.2) is 57.1 Å². The van der Waals surface area contributed by atoms with Gasteiger partial charge in [-0.3, -0.25) is 14.2 Å². The van der Waals surface area contributed by atoms with Gasteiger partial charge in [0.15, 0.2) is 6.29 Å². The van der Waals surface area contributed by atoms with Gasteiger partial charge in [-0.25, -0.2) is 4.79 Å². The largest absolute Gasteiger partial charge is 0.397 e. The number of para-hydroxylation sites is 4. The van der Waals surface area contributed by atoms with E-state index in [9.17, 15) is 19.5 Å². The van der Waals surface area contributed by atoms with Gasteiger partial charge in [0.1, 0.15) is 0 Å². The first-order valence-electron chi connectivity index (χ1n) is 20.8. The highest BCUT2D eigenvalue weighted by molar-refractivity contribution is 5.94. The minimum Gasteiger partial charge on any atom is -0.397 e. The molecule has 12 heteroatoms. The molecule has 12 nitrogen and oxygen atoms in total. The molecule has 1 aromatic heterocycles. The van der Waals surface area contributed by atoms with Gasteiger partial charge in [-0.2, -0.15) is 0 Å². The normalized spacial score (nSPS) is 18.6. The Balaban J connectivity index is 0.896. The molecule has 3 heterocycles. The Kier molecular flexibility index (Phi) is 12.8. The number of aromatic amines is 1. The monoisotopic (exact) mass is 808 g/mol. The van der Waals surface area contributed by atoms with Crippen molar-refractivity contribution in [1.29, 1.82) is 0 Å². The summed E-state index contributed by atoms with van der Waals surface area (Å²) in [6.07, 6.45) is 2.40. The summed E-state index contributed by atoms with van der Waals surface area (Å²) in [6, 6.07) is 39.2. The number of amides is 2. The zero-order valence-corrected chi connectivity index (χ0v) is 33.6. The topological polar surface area (TPSA) is 164 Å². The van der Waals surface area contributed by atoms with Crippen molar-refractivity contribution in [2.75, 3.05) is 30.7 Å². The van der Waals surface area contributed by atoms with Crippen molar-refractivity contribution in [3.8, 4) is 11.1 Å². The molecule has 0 bridgehead atoms. The fraction of sp³-hybridized carbons (Fsp3) is 0.312. The van der Waals surface area contributed by atoms with Crippen LogP contribution in [0.3, 0.4) is 0 Å². The Bertz CT molecular complexity index is 2450. The van der Waals surface area contributed by atoms with E-state index in [-0.39, 0.29) is 55.2 Å². The maximum atomic E-state index is 12.9. The highest BCUT2D eigenvalue weighted by Gasteiger charge is 2.34. The lowest BCUT2D eigenvalue weighted by atomic mass is 9.97. The Labute approximate surface area is 349 Å². The smallest absolute Gasteiger partial charge is 0.326 e. The fourth-order valence-electron chi connectivity index (χ4n) is 8.41. The van der Waals surface area contributed by atoms with Crippen molar-refractivity contribution in [3.05, 3.63) is 154 Å². The third-order valence-electron chi connectivity index (χ3n) is 11.7. The number of rotatable bonds is 14. The van der Waals surface area contributed by atoms with Gasteiger partial charge in [0.05, 0.1) is 41.2 Å². The number of H-pyrrole nitrogens is 1. The predicted molar refractivity (Wildman–Crippen MR) is 233 cm³/mol. The van der Waals surface area contributed by atoms with E-state index in [0.717, 1.165) is 76.9 Å². The van der Waals surface area contributed by atoms with Crippen LogP contribution in [0.4, 0.5) is 11.4 Å². The molecular weight excluding hydrogens is 757 g/mol. The van der Waals surface area contributed by atoms with Crippen molar-refractivity contribution in [2.45, 2.75) is 76.2 Å². The number of likely N-dealkylation sites (tertiary alicyclic amines) is 1. The van der Waals surface area contributed by atoms with Crippen LogP contribution in [0.5, 0.6) is 0 Å². The molecule has 2 fully saturated rings. The number of hydrogen-bond donors (Lipinski definition) is 5. The van der Waals surface area contributed by atoms with Crippen LogP contribution < -0.4 is 22.1 Å². The zero-order chi connectivity index (χ0) is 41.4. The molecule has 6 N–H and O–H groups in total. The van der Waals surface area contributed by atoms with Crippen molar-refractivity contribution in [3.63, 3.8) is 0 Å². The molecule has 6 aromatic rings. The van der Waals surface area contributed by atoms with Gasteiger partial charge in [-0.05, 0) is 71.3 Å². The summed E-state index contributed by atoms with van der Waals surface area (Å²) in [4.78, 5) is 43.5. The van der Waals surface area contributed by atoms with Crippen LogP contribution >= 0.6 is 0 Å². The number of carbonyl (C=O) groups excluding carboxylic acids is 2. The van der Waals surface area contributed by atoms with Crippen LogP contribution in [0.15, 0.2) is 126 Å². The number of carbonyl (C=O) groups is 2. The Morgan fingerprint density at radius 2 is 1.50 bits per heavy atom. The number of aliphatic hydroxyl groups excluding tert-OH is 1. The number of nitrogens with zero attached hydrogens (tertiary/aromatic N) is 2. The number of aromatic nitrogens is 2. The van der Waals surface area contributed by atoms with Crippen LogP contribution in [0.25, 0.3) is 22.2 Å². The molecule has 3 atom stereocenters. The van der Waals surface area contributed by atoms with Gasteiger partial charge in [0.2, 0.25) is 11.8 Å². The average Bonchev–Trinajstić information content (AvgIpc) is 3.62. The van der Waals surface area contributed by atoms with E-state index in [2.05, 4.69) is 32.7 Å². The van der Waals surface area contributed by atoms with Gasteiger partial charge < -0.3 is 40.8 Å². The number of ether oxygens (including phenoxy) is 2. The van der Waals surface area contributed by atoms with Crippen LogP contribution in [0.2, 0.25) is 0 Å². The molecule has 2 amide bonds. The van der Waals surface area contributed by atoms with Crippen LogP contribution in [-0.2, 0) is 32.2 Å². The second-order valence-corrected chi connectivity index (χ2v) is 15.7. The Morgan fingerprint density at radius 1 is 0.800 bits per heavy atom. The van der Waals surface area contributed by atoms with Gasteiger partial charge in [0, 0.05) is 57.0 Å². The molecule has 2 aliphatic heterocycles. The highest BCUT2D eigenvalue weighted by atomic mass is 16.7. The van der Waals surface area contributed by atoms with E-state index in [0.29, 0.717) is 30.8 Å². The van der Waals surface area contributed by atoms with E-state index >= 15 is 0 Å². The zero-order valence-electron chi connectivity index (χ0n) is 33.6. The summed E-state index contributed by atoms with van der Waals surface area (Å²) in [7, 11) is 0. The lowest BCUT2D eigenvalue weighted by Crippen LogP contribution is -2.43. The highest BCUT2D eigenvalue weighted by Crippen LogP contribution is 2.39. The molecule has 60 heavy (non-hydrogen) atoms. The summed E-state index contributed by atoms with van der Waals surface area (Å²) >= 11 is 0. The molecule has 2 aliphatic rings. The quantitative estimate of drug-likeness (QED) is 0.0712. The first-order chi connectivity index (χ1) is 29.3. The number of nitrogens with two attached hydrogens (primary N) is 1. The van der Waals surface area contributed by atoms with Gasteiger partial charge in [-0.15, -0.1) is 0 Å². The van der Waals surface area contributed by atoms with Crippen molar-refractivity contribution in [2.24, 2.45) is 0 Å². The Hall–Kier alpha value is -6.05. The molecule has 0 radical (unpaired) electrons. The number of imidazole rings is 1. The summed E-state index contributed by atoms with van der Waals surface area (Å²) in [5.74, 6) is -0.304.